The molecule has 0 saturated carbocycles. The number of benzene rings is 2. The molecular formula is C25H27NO7. The Morgan fingerprint density at radius 1 is 0.939 bits per heavy atom. The van der Waals surface area contributed by atoms with Crippen molar-refractivity contribution in [2.75, 3.05) is 20.8 Å². The number of rotatable bonds is 10. The number of nitrogens with zero attached hydrogens (tertiary/aromatic N) is 1. The molecule has 2 N–H and O–H groups in total. The number of aliphatic hydroxyl groups is 1. The average Bonchev–Trinajstić information content (AvgIpc) is 3.08. The topological polar surface area (TPSA) is 113 Å². The fourth-order valence-electron chi connectivity index (χ4n) is 3.97. The van der Waals surface area contributed by atoms with Crippen LogP contribution < -0.4 is 9.47 Å². The van der Waals surface area contributed by atoms with E-state index in [9.17, 15) is 19.5 Å². The largest absolute Gasteiger partial charge is 0.507 e. The molecule has 0 radical (unpaired) electrons. The molecule has 33 heavy (non-hydrogen) atoms. The summed E-state index contributed by atoms with van der Waals surface area (Å²) in [5, 5.41) is 19.8. The van der Waals surface area contributed by atoms with Crippen LogP contribution in [0.2, 0.25) is 0 Å². The van der Waals surface area contributed by atoms with E-state index in [1.807, 2.05) is 0 Å². The first kappa shape index (κ1) is 23.8. The lowest BCUT2D eigenvalue weighted by Crippen LogP contribution is -2.30. The summed E-state index contributed by atoms with van der Waals surface area (Å²) in [5.74, 6) is -1.66. The van der Waals surface area contributed by atoms with E-state index in [-0.39, 0.29) is 24.3 Å². The minimum atomic E-state index is -0.872. The summed E-state index contributed by atoms with van der Waals surface area (Å²) in [7, 11) is 3.00. The Kier molecular flexibility index (Phi) is 7.71. The summed E-state index contributed by atoms with van der Waals surface area (Å²) in [5.41, 5.74) is 1.03. The Hall–Kier alpha value is -3.81. The van der Waals surface area contributed by atoms with Gasteiger partial charge in [-0.2, -0.15) is 0 Å². The molecule has 0 bridgehead atoms. The predicted molar refractivity (Wildman–Crippen MR) is 121 cm³/mol. The fourth-order valence-corrected chi connectivity index (χ4v) is 3.97. The Labute approximate surface area is 192 Å². The van der Waals surface area contributed by atoms with E-state index in [0.29, 0.717) is 41.9 Å². The summed E-state index contributed by atoms with van der Waals surface area (Å²) in [4.78, 5) is 38.2. The number of hydrogen-bond acceptors (Lipinski definition) is 6. The second-order valence-electron chi connectivity index (χ2n) is 7.68. The van der Waals surface area contributed by atoms with Gasteiger partial charge >= 0.3 is 5.97 Å². The Bertz CT molecular complexity index is 1060. The van der Waals surface area contributed by atoms with Crippen molar-refractivity contribution in [1.82, 2.24) is 4.90 Å². The van der Waals surface area contributed by atoms with Gasteiger partial charge in [-0.25, -0.2) is 0 Å². The Balaban J connectivity index is 2.02. The number of carbonyl (C=O) groups excluding carboxylic acids is 2. The molecule has 1 fully saturated rings. The van der Waals surface area contributed by atoms with Gasteiger partial charge in [-0.05, 0) is 30.5 Å². The number of hydrogen-bond donors (Lipinski definition) is 2. The number of carbonyl (C=O) groups is 3. The minimum absolute atomic E-state index is 0.00366. The number of ether oxygens (including phenoxy) is 2. The van der Waals surface area contributed by atoms with E-state index in [4.69, 9.17) is 14.6 Å². The zero-order valence-corrected chi connectivity index (χ0v) is 18.6. The minimum Gasteiger partial charge on any atom is -0.507 e. The molecule has 1 aliphatic rings. The number of unbranched alkanes of at least 4 members (excludes halogenated alkanes) is 2. The lowest BCUT2D eigenvalue weighted by atomic mass is 9.95. The Morgan fingerprint density at radius 2 is 1.64 bits per heavy atom. The van der Waals surface area contributed by atoms with Crippen LogP contribution in [-0.4, -0.2) is 53.5 Å². The van der Waals surface area contributed by atoms with Gasteiger partial charge in [0.2, 0.25) is 0 Å². The number of aliphatic carboxylic acids is 1. The number of carboxylic acids is 1. The highest BCUT2D eigenvalue weighted by Gasteiger charge is 2.46. The highest BCUT2D eigenvalue weighted by atomic mass is 16.5. The second-order valence-corrected chi connectivity index (χ2v) is 7.68. The summed E-state index contributed by atoms with van der Waals surface area (Å²) >= 11 is 0. The smallest absolute Gasteiger partial charge is 0.303 e. The highest BCUT2D eigenvalue weighted by Crippen LogP contribution is 2.42. The fraction of sp³-hybridized carbons (Fsp3) is 0.320. The summed E-state index contributed by atoms with van der Waals surface area (Å²) in [6.45, 7) is 0.245. The van der Waals surface area contributed by atoms with E-state index in [1.54, 1.807) is 48.5 Å². The molecular weight excluding hydrogens is 426 g/mol. The summed E-state index contributed by atoms with van der Waals surface area (Å²) < 4.78 is 10.7. The molecule has 2 aromatic carbocycles. The van der Waals surface area contributed by atoms with Crippen LogP contribution in [0.1, 0.15) is 42.9 Å². The normalized spacial score (nSPS) is 17.3. The molecule has 8 nitrogen and oxygen atoms in total. The van der Waals surface area contributed by atoms with Crippen molar-refractivity contribution in [3.63, 3.8) is 0 Å². The van der Waals surface area contributed by atoms with E-state index >= 15 is 0 Å². The maximum Gasteiger partial charge on any atom is 0.303 e. The van der Waals surface area contributed by atoms with E-state index in [0.717, 1.165) is 0 Å². The molecule has 3 rings (SSSR count). The molecule has 174 valence electrons. The van der Waals surface area contributed by atoms with Crippen LogP contribution >= 0.6 is 0 Å². The molecule has 1 unspecified atom stereocenters. The van der Waals surface area contributed by atoms with Crippen molar-refractivity contribution in [2.24, 2.45) is 0 Å². The maximum atomic E-state index is 13.0. The van der Waals surface area contributed by atoms with Gasteiger partial charge in [-0.15, -0.1) is 0 Å². The third-order valence-electron chi connectivity index (χ3n) is 5.60. The molecule has 0 aromatic heterocycles. The van der Waals surface area contributed by atoms with Crippen molar-refractivity contribution in [2.45, 2.75) is 31.7 Å². The number of ketones is 1. The van der Waals surface area contributed by atoms with Gasteiger partial charge < -0.3 is 24.6 Å². The van der Waals surface area contributed by atoms with Crippen molar-refractivity contribution >= 4 is 23.4 Å². The zero-order valence-electron chi connectivity index (χ0n) is 18.6. The van der Waals surface area contributed by atoms with Crippen molar-refractivity contribution in [1.29, 1.82) is 0 Å². The van der Waals surface area contributed by atoms with Crippen LogP contribution in [-0.2, 0) is 14.4 Å². The van der Waals surface area contributed by atoms with E-state index in [2.05, 4.69) is 0 Å². The maximum absolute atomic E-state index is 13.0. The van der Waals surface area contributed by atoms with Crippen molar-refractivity contribution < 1.29 is 34.1 Å². The van der Waals surface area contributed by atoms with Gasteiger partial charge in [0, 0.05) is 18.5 Å². The van der Waals surface area contributed by atoms with E-state index in [1.165, 1.54) is 19.1 Å². The molecule has 1 aliphatic heterocycles. The lowest BCUT2D eigenvalue weighted by Gasteiger charge is -2.26. The predicted octanol–water partition coefficient (Wildman–Crippen LogP) is 3.77. The first-order chi connectivity index (χ1) is 15.9. The molecule has 2 aromatic rings. The first-order valence-corrected chi connectivity index (χ1v) is 10.7. The third-order valence-corrected chi connectivity index (χ3v) is 5.60. The molecule has 8 heteroatoms. The summed E-state index contributed by atoms with van der Waals surface area (Å²) in [6, 6.07) is 12.9. The van der Waals surface area contributed by atoms with Gasteiger partial charge in [-0.1, -0.05) is 42.8 Å². The number of amides is 1. The molecule has 1 amide bonds. The molecule has 1 heterocycles. The standard InChI is InChI=1S/C25H27NO7/c1-32-18-13-12-17(15-19(18)33-2)22-21(23(29)16-9-5-3-6-10-16)24(30)25(31)26(22)14-8-4-7-11-20(27)28/h3,5-6,9-10,12-13,15,22,29H,4,7-8,11,14H2,1-2H3,(H,27,28). The highest BCUT2D eigenvalue weighted by molar-refractivity contribution is 6.46. The van der Waals surface area contributed by atoms with Gasteiger partial charge in [0.15, 0.2) is 11.5 Å². The van der Waals surface area contributed by atoms with Crippen LogP contribution in [0.15, 0.2) is 54.1 Å². The monoisotopic (exact) mass is 453 g/mol. The van der Waals surface area contributed by atoms with Crippen LogP contribution in [0.4, 0.5) is 0 Å². The number of Topliss-reactive ketones (excluding diaryl/α,β-unsaturated/α-hetero) is 1. The van der Waals surface area contributed by atoms with Crippen LogP contribution in [0, 0.1) is 0 Å². The zero-order chi connectivity index (χ0) is 24.0. The van der Waals surface area contributed by atoms with Crippen LogP contribution in [0.25, 0.3) is 5.76 Å². The SMILES string of the molecule is COc1ccc(C2C(=C(O)c3ccccc3)C(=O)C(=O)N2CCCCCC(=O)O)cc1OC. The van der Waals surface area contributed by atoms with Gasteiger partial charge in [0.25, 0.3) is 11.7 Å². The molecule has 0 spiro atoms. The average molecular weight is 453 g/mol. The Morgan fingerprint density at radius 3 is 2.27 bits per heavy atom. The number of likely N-dealkylation sites (tertiary alicyclic amines) is 1. The second kappa shape index (κ2) is 10.7. The van der Waals surface area contributed by atoms with Crippen molar-refractivity contribution in [3.8, 4) is 11.5 Å². The number of methoxy groups -OCH3 is 2. The van der Waals surface area contributed by atoms with Gasteiger partial charge in [0.1, 0.15) is 5.76 Å². The third kappa shape index (κ3) is 5.16. The van der Waals surface area contributed by atoms with E-state index < -0.39 is 23.7 Å². The molecule has 1 atom stereocenters. The number of aliphatic hydroxyl groups excluding tert-OH is 1. The van der Waals surface area contributed by atoms with Crippen LogP contribution in [0.5, 0.6) is 11.5 Å². The molecule has 1 saturated heterocycles. The molecule has 0 aliphatic carbocycles. The van der Waals surface area contributed by atoms with Crippen LogP contribution in [0.3, 0.4) is 0 Å². The summed E-state index contributed by atoms with van der Waals surface area (Å²) in [6.07, 6.45) is 1.64. The first-order valence-electron chi connectivity index (χ1n) is 10.7. The van der Waals surface area contributed by atoms with Gasteiger partial charge in [-0.3, -0.25) is 14.4 Å². The number of carboxylic acid groups (broad SMARTS) is 1. The lowest BCUT2D eigenvalue weighted by molar-refractivity contribution is -0.140. The van der Waals surface area contributed by atoms with Crippen molar-refractivity contribution in [3.05, 3.63) is 65.2 Å². The van der Waals surface area contributed by atoms with Gasteiger partial charge in [0.05, 0.1) is 25.8 Å². The quantitative estimate of drug-likeness (QED) is 0.244.